The molecule has 1 fully saturated rings. The van der Waals surface area contributed by atoms with Gasteiger partial charge in [0.2, 0.25) is 5.91 Å². The van der Waals surface area contributed by atoms with Crippen molar-refractivity contribution >= 4 is 17.6 Å². The van der Waals surface area contributed by atoms with Gasteiger partial charge in [0.25, 0.3) is 0 Å². The Hall–Kier alpha value is -2.10. The van der Waals surface area contributed by atoms with E-state index in [2.05, 4.69) is 5.32 Å². The Morgan fingerprint density at radius 3 is 2.14 bits per heavy atom. The van der Waals surface area contributed by atoms with Crippen LogP contribution in [0.15, 0.2) is 24.3 Å². The van der Waals surface area contributed by atoms with E-state index in [-0.39, 0.29) is 17.7 Å². The van der Waals surface area contributed by atoms with E-state index >= 15 is 0 Å². The summed E-state index contributed by atoms with van der Waals surface area (Å²) in [6, 6.07) is 4.05. The summed E-state index contributed by atoms with van der Waals surface area (Å²) >= 11 is 0. The SMILES string of the molecule is Cc1cc(C)c(NC(=O)[C@@H]2[C@@H](C(=O)O)[C@H]3C=C[C@@H]2C3)c(C)c1. The molecule has 0 spiro atoms. The van der Waals surface area contributed by atoms with Crippen LogP contribution < -0.4 is 5.32 Å². The van der Waals surface area contributed by atoms with Crippen molar-refractivity contribution < 1.29 is 14.7 Å². The summed E-state index contributed by atoms with van der Waals surface area (Å²) in [6.45, 7) is 5.95. The van der Waals surface area contributed by atoms with E-state index in [1.165, 1.54) is 0 Å². The summed E-state index contributed by atoms with van der Waals surface area (Å²) in [7, 11) is 0. The second kappa shape index (κ2) is 5.27. The van der Waals surface area contributed by atoms with E-state index in [9.17, 15) is 14.7 Å². The highest BCUT2D eigenvalue weighted by atomic mass is 16.4. The van der Waals surface area contributed by atoms with Crippen molar-refractivity contribution in [2.45, 2.75) is 27.2 Å². The number of nitrogens with one attached hydrogen (secondary N) is 1. The quantitative estimate of drug-likeness (QED) is 0.843. The van der Waals surface area contributed by atoms with Crippen LogP contribution in [0.25, 0.3) is 0 Å². The van der Waals surface area contributed by atoms with Gasteiger partial charge in [0.05, 0.1) is 11.8 Å². The van der Waals surface area contributed by atoms with Gasteiger partial charge in [-0.1, -0.05) is 29.8 Å². The first-order chi connectivity index (χ1) is 10.4. The maximum atomic E-state index is 12.7. The lowest BCUT2D eigenvalue weighted by molar-refractivity contribution is -0.146. The molecular formula is C18H21NO3. The number of carbonyl (C=O) groups excluding carboxylic acids is 1. The van der Waals surface area contributed by atoms with Gasteiger partial charge < -0.3 is 10.4 Å². The molecule has 116 valence electrons. The minimum absolute atomic E-state index is 0.00142. The van der Waals surface area contributed by atoms with Crippen molar-refractivity contribution in [3.8, 4) is 0 Å². The van der Waals surface area contributed by atoms with Gasteiger partial charge in [0.1, 0.15) is 0 Å². The topological polar surface area (TPSA) is 66.4 Å². The minimum atomic E-state index is -0.866. The fraction of sp³-hybridized carbons (Fsp3) is 0.444. The summed E-state index contributed by atoms with van der Waals surface area (Å²) in [5.41, 5.74) is 3.98. The largest absolute Gasteiger partial charge is 0.481 e. The van der Waals surface area contributed by atoms with Crippen molar-refractivity contribution in [1.82, 2.24) is 0 Å². The second-order valence-corrected chi connectivity index (χ2v) is 6.60. The molecule has 1 amide bonds. The van der Waals surface area contributed by atoms with E-state index < -0.39 is 17.8 Å². The molecule has 4 atom stereocenters. The summed E-state index contributed by atoms with van der Waals surface area (Å²) in [4.78, 5) is 24.2. The van der Waals surface area contributed by atoms with E-state index in [1.54, 1.807) is 0 Å². The summed E-state index contributed by atoms with van der Waals surface area (Å²) in [6.07, 6.45) is 4.74. The average molecular weight is 299 g/mol. The Bertz CT molecular complexity index is 654. The number of rotatable bonds is 3. The lowest BCUT2D eigenvalue weighted by Crippen LogP contribution is -2.36. The van der Waals surface area contributed by atoms with Gasteiger partial charge in [-0.3, -0.25) is 9.59 Å². The Kier molecular flexibility index (Phi) is 3.55. The van der Waals surface area contributed by atoms with E-state index in [0.29, 0.717) is 0 Å². The molecule has 2 aliphatic carbocycles. The molecule has 2 bridgehead atoms. The molecule has 2 aliphatic rings. The normalized spacial score (nSPS) is 28.9. The number of anilines is 1. The molecule has 0 aliphatic heterocycles. The Labute approximate surface area is 130 Å². The van der Waals surface area contributed by atoms with Crippen LogP contribution >= 0.6 is 0 Å². The predicted molar refractivity (Wildman–Crippen MR) is 84.6 cm³/mol. The van der Waals surface area contributed by atoms with Crippen LogP contribution in [-0.2, 0) is 9.59 Å². The van der Waals surface area contributed by atoms with Crippen LogP contribution in [0.2, 0.25) is 0 Å². The van der Waals surface area contributed by atoms with Crippen LogP contribution in [0.3, 0.4) is 0 Å². The third kappa shape index (κ3) is 2.32. The number of carboxylic acids is 1. The van der Waals surface area contributed by atoms with E-state index in [0.717, 1.165) is 28.8 Å². The molecule has 0 saturated heterocycles. The van der Waals surface area contributed by atoms with Crippen molar-refractivity contribution in [1.29, 1.82) is 0 Å². The van der Waals surface area contributed by atoms with E-state index in [4.69, 9.17) is 0 Å². The number of amides is 1. The molecule has 3 rings (SSSR count). The van der Waals surface area contributed by atoms with Gasteiger partial charge in [-0.15, -0.1) is 0 Å². The number of hydrogen-bond donors (Lipinski definition) is 2. The third-order valence-electron chi connectivity index (χ3n) is 4.97. The third-order valence-corrected chi connectivity index (χ3v) is 4.97. The number of allylic oxidation sites excluding steroid dienone is 2. The Balaban J connectivity index is 1.86. The van der Waals surface area contributed by atoms with Crippen LogP contribution in [0.1, 0.15) is 23.1 Å². The first-order valence-corrected chi connectivity index (χ1v) is 7.68. The first kappa shape index (κ1) is 14.8. The van der Waals surface area contributed by atoms with Crippen LogP contribution in [-0.4, -0.2) is 17.0 Å². The molecule has 1 aromatic rings. The fourth-order valence-corrected chi connectivity index (χ4v) is 4.10. The van der Waals surface area contributed by atoms with Crippen molar-refractivity contribution in [3.05, 3.63) is 41.0 Å². The van der Waals surface area contributed by atoms with Crippen LogP contribution in [0.4, 0.5) is 5.69 Å². The molecule has 0 aromatic heterocycles. The van der Waals surface area contributed by atoms with Gasteiger partial charge >= 0.3 is 5.97 Å². The van der Waals surface area contributed by atoms with Gasteiger partial charge in [-0.05, 0) is 50.2 Å². The standard InChI is InChI=1S/C18H21NO3/c1-9-6-10(2)16(11(3)7-9)19-17(20)14-12-4-5-13(8-12)15(14)18(21)22/h4-7,12-15H,8H2,1-3H3,(H,19,20)(H,21,22)/t12-,13+,14+,15+/m1/s1. The zero-order valence-electron chi connectivity index (χ0n) is 13.1. The number of carboxylic acid groups (broad SMARTS) is 1. The Morgan fingerprint density at radius 2 is 1.59 bits per heavy atom. The maximum Gasteiger partial charge on any atom is 0.307 e. The van der Waals surface area contributed by atoms with Crippen LogP contribution in [0, 0.1) is 44.4 Å². The van der Waals surface area contributed by atoms with Crippen molar-refractivity contribution in [3.63, 3.8) is 0 Å². The fourth-order valence-electron chi connectivity index (χ4n) is 4.10. The molecule has 22 heavy (non-hydrogen) atoms. The lowest BCUT2D eigenvalue weighted by Gasteiger charge is -2.24. The van der Waals surface area contributed by atoms with Gasteiger partial charge in [0, 0.05) is 5.69 Å². The molecule has 2 N–H and O–H groups in total. The summed E-state index contributed by atoms with van der Waals surface area (Å²) in [5.74, 6) is -2.04. The smallest absolute Gasteiger partial charge is 0.307 e. The van der Waals surface area contributed by atoms with E-state index in [1.807, 2.05) is 45.1 Å². The second-order valence-electron chi connectivity index (χ2n) is 6.60. The van der Waals surface area contributed by atoms with Crippen molar-refractivity contribution in [2.24, 2.45) is 23.7 Å². The molecule has 4 heteroatoms. The highest BCUT2D eigenvalue weighted by Gasteiger charge is 2.51. The van der Waals surface area contributed by atoms with Gasteiger partial charge in [-0.25, -0.2) is 0 Å². The maximum absolute atomic E-state index is 12.7. The lowest BCUT2D eigenvalue weighted by atomic mass is 9.82. The van der Waals surface area contributed by atoms with Gasteiger partial charge in [0.15, 0.2) is 0 Å². The van der Waals surface area contributed by atoms with Crippen molar-refractivity contribution in [2.75, 3.05) is 5.32 Å². The molecule has 4 nitrogen and oxygen atoms in total. The zero-order chi connectivity index (χ0) is 16.0. The number of hydrogen-bond acceptors (Lipinski definition) is 2. The molecule has 0 heterocycles. The number of benzene rings is 1. The zero-order valence-corrected chi connectivity index (χ0v) is 13.1. The first-order valence-electron chi connectivity index (χ1n) is 7.68. The number of aryl methyl sites for hydroxylation is 3. The molecule has 1 aromatic carbocycles. The minimum Gasteiger partial charge on any atom is -0.481 e. The predicted octanol–water partition coefficient (Wildman–Crippen LogP) is 3.07. The monoisotopic (exact) mass is 299 g/mol. The molecule has 1 saturated carbocycles. The average Bonchev–Trinajstić information content (AvgIpc) is 3.02. The van der Waals surface area contributed by atoms with Crippen LogP contribution in [0.5, 0.6) is 0 Å². The molecule has 0 radical (unpaired) electrons. The van der Waals surface area contributed by atoms with Gasteiger partial charge in [-0.2, -0.15) is 0 Å². The summed E-state index contributed by atoms with van der Waals surface area (Å²) < 4.78 is 0. The molecule has 0 unspecified atom stereocenters. The highest BCUT2D eigenvalue weighted by molar-refractivity contribution is 5.97. The highest BCUT2D eigenvalue weighted by Crippen LogP contribution is 2.48. The molecular weight excluding hydrogens is 278 g/mol. The Morgan fingerprint density at radius 1 is 1.05 bits per heavy atom. The number of aliphatic carboxylic acids is 1. The number of carbonyl (C=O) groups is 2. The summed E-state index contributed by atoms with van der Waals surface area (Å²) in [5, 5.41) is 12.4. The number of fused-ring (bicyclic) bond motifs is 2.